The molecule has 2 N–H and O–H groups in total. The highest BCUT2D eigenvalue weighted by Crippen LogP contribution is 2.19. The minimum Gasteiger partial charge on any atom is -0.444 e. The second-order valence-corrected chi connectivity index (χ2v) is 12.0. The first-order valence-electron chi connectivity index (χ1n) is 13.7. The maximum atomic E-state index is 12.9. The molecule has 7 nitrogen and oxygen atoms in total. The molecule has 2 atom stereocenters. The number of carbonyl (C=O) groups excluding carboxylic acids is 2. The fraction of sp³-hybridized carbons (Fsp3) is 0.344. The molecule has 0 saturated carbocycles. The third kappa shape index (κ3) is 13.1. The van der Waals surface area contributed by atoms with E-state index in [0.29, 0.717) is 31.6 Å². The highest BCUT2D eigenvalue weighted by Gasteiger charge is 2.20. The van der Waals surface area contributed by atoms with Crippen molar-refractivity contribution < 1.29 is 19.1 Å². The summed E-state index contributed by atoms with van der Waals surface area (Å²) in [6.07, 6.45) is 5.35. The number of nitrogens with zero attached hydrogens (tertiary/aromatic N) is 1. The molecular weight excluding hydrogens is 555 g/mol. The van der Waals surface area contributed by atoms with Gasteiger partial charge in [-0.2, -0.15) is 0 Å². The molecule has 2 aromatic carbocycles. The third-order valence-electron chi connectivity index (χ3n) is 6.09. The molecule has 0 radical (unpaired) electrons. The van der Waals surface area contributed by atoms with Gasteiger partial charge < -0.3 is 20.1 Å². The number of thioether (sulfide) groups is 1. The van der Waals surface area contributed by atoms with Crippen LogP contribution in [-0.4, -0.2) is 35.9 Å². The average molecular weight is 594 g/mol. The number of ether oxygens (including phenoxy) is 2. The zero-order valence-corrected chi connectivity index (χ0v) is 25.3. The van der Waals surface area contributed by atoms with Gasteiger partial charge >= 0.3 is 12.2 Å². The van der Waals surface area contributed by atoms with Crippen LogP contribution in [0.4, 0.5) is 9.59 Å². The number of hydrogen-bond acceptors (Lipinski definition) is 7. The molecule has 0 fully saturated rings. The van der Waals surface area contributed by atoms with Crippen molar-refractivity contribution in [2.75, 3.05) is 6.61 Å². The van der Waals surface area contributed by atoms with Crippen molar-refractivity contribution in [3.63, 3.8) is 0 Å². The standard InChI is InChI=1S/C32H39N3O4S2/c1-4-40-29(17-24(2)3)21-38-31(36)34-27(18-25-11-7-5-8-12-25)15-16-28(19-26-13-9-6-10-14-26)35-32(37)39-22-30-20-33-23-41-30/h4-14,17,20,23-24,27-28H,1,15-16,18-19,21-22H2,2-3H3,(H,34,36)(H,35,37)/b29-17-. The van der Waals surface area contributed by atoms with Gasteiger partial charge in [-0.3, -0.25) is 4.98 Å². The van der Waals surface area contributed by atoms with E-state index in [0.717, 1.165) is 20.9 Å². The first-order valence-corrected chi connectivity index (χ1v) is 15.5. The Morgan fingerprint density at radius 3 is 1.98 bits per heavy atom. The second-order valence-electron chi connectivity index (χ2n) is 9.92. The lowest BCUT2D eigenvalue weighted by molar-refractivity contribution is 0.135. The number of aromatic nitrogens is 1. The fourth-order valence-corrected chi connectivity index (χ4v) is 5.45. The molecule has 2 amide bonds. The summed E-state index contributed by atoms with van der Waals surface area (Å²) in [6.45, 7) is 8.29. The number of benzene rings is 2. The van der Waals surface area contributed by atoms with Crippen LogP contribution >= 0.6 is 23.1 Å². The molecule has 1 heterocycles. The summed E-state index contributed by atoms with van der Waals surface area (Å²) in [4.78, 5) is 31.4. The summed E-state index contributed by atoms with van der Waals surface area (Å²) in [5.74, 6) is 0.331. The summed E-state index contributed by atoms with van der Waals surface area (Å²) in [5, 5.41) is 7.82. The van der Waals surface area contributed by atoms with Crippen LogP contribution < -0.4 is 10.6 Å². The van der Waals surface area contributed by atoms with Crippen molar-refractivity contribution in [1.29, 1.82) is 0 Å². The Morgan fingerprint density at radius 2 is 1.49 bits per heavy atom. The number of alkyl carbamates (subject to hydrolysis) is 2. The monoisotopic (exact) mass is 593 g/mol. The molecule has 0 aliphatic carbocycles. The molecule has 1 aromatic heterocycles. The Balaban J connectivity index is 1.65. The Labute approximate surface area is 251 Å². The van der Waals surface area contributed by atoms with Gasteiger partial charge in [-0.25, -0.2) is 9.59 Å². The second kappa shape index (κ2) is 18.0. The number of nitrogens with one attached hydrogen (secondary N) is 2. The van der Waals surface area contributed by atoms with Crippen LogP contribution in [0, 0.1) is 5.92 Å². The van der Waals surface area contributed by atoms with E-state index < -0.39 is 12.2 Å². The number of hydrogen-bond donors (Lipinski definition) is 2. The number of allylic oxidation sites excluding steroid dienone is 1. The average Bonchev–Trinajstić information content (AvgIpc) is 3.48. The largest absolute Gasteiger partial charge is 0.444 e. The van der Waals surface area contributed by atoms with E-state index in [2.05, 4.69) is 42.1 Å². The Morgan fingerprint density at radius 1 is 0.927 bits per heavy atom. The Bertz CT molecular complexity index is 1220. The van der Waals surface area contributed by atoms with E-state index in [4.69, 9.17) is 9.47 Å². The summed E-state index contributed by atoms with van der Waals surface area (Å²) in [6, 6.07) is 19.7. The fourth-order valence-electron chi connectivity index (χ4n) is 4.25. The van der Waals surface area contributed by atoms with Gasteiger partial charge in [0.25, 0.3) is 0 Å². The van der Waals surface area contributed by atoms with Crippen molar-refractivity contribution in [2.24, 2.45) is 5.92 Å². The van der Waals surface area contributed by atoms with Crippen LogP contribution in [0.5, 0.6) is 0 Å². The predicted molar refractivity (Wildman–Crippen MR) is 168 cm³/mol. The van der Waals surface area contributed by atoms with Gasteiger partial charge in [-0.05, 0) is 48.1 Å². The topological polar surface area (TPSA) is 89.6 Å². The molecule has 0 spiro atoms. The van der Waals surface area contributed by atoms with Crippen molar-refractivity contribution >= 4 is 35.3 Å². The van der Waals surface area contributed by atoms with Gasteiger partial charge in [0, 0.05) is 23.2 Å². The minimum atomic E-state index is -0.476. The lowest BCUT2D eigenvalue weighted by Crippen LogP contribution is -2.41. The van der Waals surface area contributed by atoms with Gasteiger partial charge in [0.1, 0.15) is 13.2 Å². The van der Waals surface area contributed by atoms with Crippen molar-refractivity contribution in [2.45, 2.75) is 58.2 Å². The van der Waals surface area contributed by atoms with Crippen molar-refractivity contribution in [3.8, 4) is 0 Å². The normalized spacial score (nSPS) is 12.8. The first-order chi connectivity index (χ1) is 19.9. The van der Waals surface area contributed by atoms with Gasteiger partial charge in [-0.1, -0.05) is 98.9 Å². The van der Waals surface area contributed by atoms with Crippen LogP contribution in [0.25, 0.3) is 0 Å². The molecule has 41 heavy (non-hydrogen) atoms. The molecule has 2 unspecified atom stereocenters. The van der Waals surface area contributed by atoms with Crippen molar-refractivity contribution in [3.05, 3.63) is 111 Å². The van der Waals surface area contributed by atoms with Gasteiger partial charge in [0.05, 0.1) is 10.4 Å². The quantitative estimate of drug-likeness (QED) is 0.179. The highest BCUT2D eigenvalue weighted by molar-refractivity contribution is 8.05. The van der Waals surface area contributed by atoms with E-state index in [1.807, 2.05) is 60.7 Å². The van der Waals surface area contributed by atoms with E-state index >= 15 is 0 Å². The van der Waals surface area contributed by atoms with Crippen LogP contribution in [-0.2, 0) is 28.9 Å². The summed E-state index contributed by atoms with van der Waals surface area (Å²) in [5.41, 5.74) is 3.92. The van der Waals surface area contributed by atoms with E-state index in [-0.39, 0.29) is 25.3 Å². The molecule has 0 aliphatic heterocycles. The molecule has 3 aromatic rings. The number of carbonyl (C=O) groups is 2. The van der Waals surface area contributed by atoms with Crippen molar-refractivity contribution in [1.82, 2.24) is 15.6 Å². The van der Waals surface area contributed by atoms with E-state index in [1.54, 1.807) is 17.1 Å². The predicted octanol–water partition coefficient (Wildman–Crippen LogP) is 7.51. The van der Waals surface area contributed by atoms with Gasteiger partial charge in [0.15, 0.2) is 0 Å². The molecule has 0 saturated heterocycles. The van der Waals surface area contributed by atoms with Crippen LogP contribution in [0.2, 0.25) is 0 Å². The Hall–Kier alpha value is -3.56. The molecule has 3 rings (SSSR count). The maximum Gasteiger partial charge on any atom is 0.407 e. The molecular formula is C32H39N3O4S2. The number of thiazole rings is 1. The maximum absolute atomic E-state index is 12.9. The smallest absolute Gasteiger partial charge is 0.407 e. The van der Waals surface area contributed by atoms with E-state index in [1.165, 1.54) is 23.1 Å². The highest BCUT2D eigenvalue weighted by atomic mass is 32.2. The zero-order chi connectivity index (χ0) is 29.3. The lowest BCUT2D eigenvalue weighted by atomic mass is 9.96. The summed E-state index contributed by atoms with van der Waals surface area (Å²) >= 11 is 2.90. The van der Waals surface area contributed by atoms with Crippen LogP contribution in [0.15, 0.2) is 95.3 Å². The summed E-state index contributed by atoms with van der Waals surface area (Å²) in [7, 11) is 0. The first kappa shape index (κ1) is 32.0. The summed E-state index contributed by atoms with van der Waals surface area (Å²) < 4.78 is 11.0. The SMILES string of the molecule is C=CS/C(=C\C(C)C)COC(=O)NC(CCC(Cc1ccccc1)NC(=O)OCc1cncs1)Cc1ccccc1. The van der Waals surface area contributed by atoms with Gasteiger partial charge in [0.2, 0.25) is 0 Å². The van der Waals surface area contributed by atoms with Gasteiger partial charge in [-0.15, -0.1) is 11.3 Å². The number of rotatable bonds is 16. The molecule has 9 heteroatoms. The number of amides is 2. The van der Waals surface area contributed by atoms with E-state index in [9.17, 15) is 9.59 Å². The van der Waals surface area contributed by atoms with Crippen LogP contribution in [0.1, 0.15) is 42.7 Å². The van der Waals surface area contributed by atoms with Crippen LogP contribution in [0.3, 0.4) is 0 Å². The minimum absolute atomic E-state index is 0.177. The third-order valence-corrected chi connectivity index (χ3v) is 7.56. The molecule has 0 aliphatic rings. The zero-order valence-electron chi connectivity index (χ0n) is 23.7. The molecule has 218 valence electrons. The molecule has 0 bridgehead atoms. The Kier molecular flexibility index (Phi) is 14.0. The lowest BCUT2D eigenvalue weighted by Gasteiger charge is -2.23.